The van der Waals surface area contributed by atoms with Gasteiger partial charge in [-0.05, 0) is 48.9 Å². The molecule has 0 radical (unpaired) electrons. The highest BCUT2D eigenvalue weighted by Crippen LogP contribution is 2.20. The number of anilines is 2. The second-order valence-electron chi connectivity index (χ2n) is 4.21. The van der Waals surface area contributed by atoms with Gasteiger partial charge in [-0.25, -0.2) is 4.39 Å². The van der Waals surface area contributed by atoms with Crippen molar-refractivity contribution in [3.8, 4) is 0 Å². The Morgan fingerprint density at radius 3 is 2.63 bits per heavy atom. The van der Waals surface area contributed by atoms with E-state index in [0.717, 1.165) is 5.56 Å². The highest BCUT2D eigenvalue weighted by Gasteiger charge is 2.09. The smallest absolute Gasteiger partial charge is 0.255 e. The summed E-state index contributed by atoms with van der Waals surface area (Å²) in [5.41, 5.74) is 7.44. The Morgan fingerprint density at radius 2 is 2.00 bits per heavy atom. The molecule has 19 heavy (non-hydrogen) atoms. The molecule has 0 fully saturated rings. The Labute approximate surface area is 115 Å². The van der Waals surface area contributed by atoms with Gasteiger partial charge in [-0.3, -0.25) is 4.79 Å². The third-order valence-electron chi connectivity index (χ3n) is 2.56. The molecule has 1 amide bonds. The van der Waals surface area contributed by atoms with E-state index in [0.29, 0.717) is 22.0 Å². The van der Waals surface area contributed by atoms with Crippen LogP contribution in [0.1, 0.15) is 15.9 Å². The molecule has 0 saturated heterocycles. The number of rotatable bonds is 2. The summed E-state index contributed by atoms with van der Waals surface area (Å²) in [5, 5.41) is 3.00. The number of amides is 1. The lowest BCUT2D eigenvalue weighted by Gasteiger charge is -2.07. The van der Waals surface area contributed by atoms with Crippen molar-refractivity contribution in [3.63, 3.8) is 0 Å². The molecule has 5 heteroatoms. The molecule has 2 aromatic rings. The quantitative estimate of drug-likeness (QED) is 0.824. The Morgan fingerprint density at radius 1 is 1.26 bits per heavy atom. The number of nitrogens with two attached hydrogens (primary N) is 1. The summed E-state index contributed by atoms with van der Waals surface area (Å²) in [7, 11) is 0. The highest BCUT2D eigenvalue weighted by atomic mass is 35.5. The minimum atomic E-state index is -0.397. The SMILES string of the molecule is Cc1cc(F)cc(NC(=O)c2ccc(Cl)c(N)c2)c1. The van der Waals surface area contributed by atoms with E-state index in [1.165, 1.54) is 18.2 Å². The van der Waals surface area contributed by atoms with Crippen LogP contribution in [0.4, 0.5) is 15.8 Å². The molecule has 0 aliphatic carbocycles. The zero-order valence-electron chi connectivity index (χ0n) is 10.2. The van der Waals surface area contributed by atoms with E-state index in [2.05, 4.69) is 5.32 Å². The van der Waals surface area contributed by atoms with Crippen molar-refractivity contribution in [3.05, 3.63) is 58.4 Å². The third kappa shape index (κ3) is 3.23. The fourth-order valence-electron chi connectivity index (χ4n) is 1.70. The van der Waals surface area contributed by atoms with Crippen molar-refractivity contribution >= 4 is 28.9 Å². The van der Waals surface area contributed by atoms with E-state index < -0.39 is 5.82 Å². The second kappa shape index (κ2) is 5.28. The molecule has 2 aromatic carbocycles. The molecule has 0 saturated carbocycles. The maximum absolute atomic E-state index is 13.2. The standard InChI is InChI=1S/C14H12ClFN2O/c1-8-4-10(16)7-11(5-8)18-14(19)9-2-3-12(15)13(17)6-9/h2-7H,17H2,1H3,(H,18,19). The zero-order valence-corrected chi connectivity index (χ0v) is 11.0. The summed E-state index contributed by atoms with van der Waals surface area (Å²) in [6.07, 6.45) is 0. The first-order valence-corrected chi connectivity index (χ1v) is 5.97. The van der Waals surface area contributed by atoms with Gasteiger partial charge >= 0.3 is 0 Å². The van der Waals surface area contributed by atoms with Gasteiger partial charge in [0.05, 0.1) is 10.7 Å². The highest BCUT2D eigenvalue weighted by molar-refractivity contribution is 6.33. The summed E-state index contributed by atoms with van der Waals surface area (Å²) in [4.78, 5) is 12.0. The Hall–Kier alpha value is -2.07. The topological polar surface area (TPSA) is 55.1 Å². The lowest BCUT2D eigenvalue weighted by molar-refractivity contribution is 0.102. The fraction of sp³-hybridized carbons (Fsp3) is 0.0714. The molecule has 0 unspecified atom stereocenters. The molecule has 0 aliphatic rings. The fourth-order valence-corrected chi connectivity index (χ4v) is 1.81. The van der Waals surface area contributed by atoms with Gasteiger partial charge in [-0.15, -0.1) is 0 Å². The molecule has 0 spiro atoms. The largest absolute Gasteiger partial charge is 0.398 e. The molecule has 3 nitrogen and oxygen atoms in total. The second-order valence-corrected chi connectivity index (χ2v) is 4.61. The predicted molar refractivity (Wildman–Crippen MR) is 75.0 cm³/mol. The zero-order chi connectivity index (χ0) is 14.0. The van der Waals surface area contributed by atoms with Crippen molar-refractivity contribution in [2.45, 2.75) is 6.92 Å². The summed E-state index contributed by atoms with van der Waals surface area (Å²) in [6.45, 7) is 1.75. The molecule has 0 heterocycles. The van der Waals surface area contributed by atoms with Crippen LogP contribution in [-0.4, -0.2) is 5.91 Å². The van der Waals surface area contributed by atoms with E-state index in [-0.39, 0.29) is 5.91 Å². The van der Waals surface area contributed by atoms with E-state index >= 15 is 0 Å². The van der Waals surface area contributed by atoms with Crippen LogP contribution in [-0.2, 0) is 0 Å². The van der Waals surface area contributed by atoms with Crippen LogP contribution >= 0.6 is 11.6 Å². The van der Waals surface area contributed by atoms with Gasteiger partial charge in [0.15, 0.2) is 0 Å². The van der Waals surface area contributed by atoms with E-state index in [4.69, 9.17) is 17.3 Å². The molecule has 0 atom stereocenters. The lowest BCUT2D eigenvalue weighted by atomic mass is 10.1. The number of benzene rings is 2. The maximum atomic E-state index is 13.2. The molecule has 0 aromatic heterocycles. The minimum absolute atomic E-state index is 0.324. The van der Waals surface area contributed by atoms with Crippen molar-refractivity contribution in [2.24, 2.45) is 0 Å². The van der Waals surface area contributed by atoms with Crippen molar-refractivity contribution < 1.29 is 9.18 Å². The van der Waals surface area contributed by atoms with E-state index in [1.807, 2.05) is 0 Å². The van der Waals surface area contributed by atoms with Crippen LogP contribution in [0.2, 0.25) is 5.02 Å². The lowest BCUT2D eigenvalue weighted by Crippen LogP contribution is -2.12. The Kier molecular flexibility index (Phi) is 3.71. The molecular weight excluding hydrogens is 267 g/mol. The van der Waals surface area contributed by atoms with Crippen LogP contribution in [0, 0.1) is 12.7 Å². The monoisotopic (exact) mass is 278 g/mol. The summed E-state index contributed by atoms with van der Waals surface area (Å²) in [6, 6.07) is 8.90. The van der Waals surface area contributed by atoms with Crippen LogP contribution in [0.25, 0.3) is 0 Å². The number of carbonyl (C=O) groups is 1. The van der Waals surface area contributed by atoms with Gasteiger partial charge in [0.1, 0.15) is 5.82 Å². The van der Waals surface area contributed by atoms with Crippen LogP contribution in [0.15, 0.2) is 36.4 Å². The van der Waals surface area contributed by atoms with E-state index in [9.17, 15) is 9.18 Å². The third-order valence-corrected chi connectivity index (χ3v) is 2.90. The van der Waals surface area contributed by atoms with Crippen LogP contribution in [0.5, 0.6) is 0 Å². The number of nitrogen functional groups attached to an aromatic ring is 1. The molecule has 2 rings (SSSR count). The van der Waals surface area contributed by atoms with Crippen molar-refractivity contribution in [1.82, 2.24) is 0 Å². The first-order chi connectivity index (χ1) is 8.95. The van der Waals surface area contributed by atoms with Gasteiger partial charge in [-0.2, -0.15) is 0 Å². The maximum Gasteiger partial charge on any atom is 0.255 e. The first kappa shape index (κ1) is 13.4. The van der Waals surface area contributed by atoms with Crippen molar-refractivity contribution in [2.75, 3.05) is 11.1 Å². The molecule has 0 aliphatic heterocycles. The van der Waals surface area contributed by atoms with Gasteiger partial charge in [0, 0.05) is 11.3 Å². The van der Waals surface area contributed by atoms with E-state index in [1.54, 1.807) is 25.1 Å². The number of hydrogen-bond donors (Lipinski definition) is 2. The number of aryl methyl sites for hydroxylation is 1. The molecule has 3 N–H and O–H groups in total. The number of hydrogen-bond acceptors (Lipinski definition) is 2. The van der Waals surface area contributed by atoms with Gasteiger partial charge in [0.25, 0.3) is 5.91 Å². The summed E-state index contributed by atoms with van der Waals surface area (Å²) in [5.74, 6) is -0.765. The number of carbonyl (C=O) groups excluding carboxylic acids is 1. The van der Waals surface area contributed by atoms with Gasteiger partial charge in [0.2, 0.25) is 0 Å². The molecule has 98 valence electrons. The first-order valence-electron chi connectivity index (χ1n) is 5.59. The predicted octanol–water partition coefficient (Wildman–Crippen LogP) is 3.62. The normalized spacial score (nSPS) is 10.3. The molecule has 0 bridgehead atoms. The average Bonchev–Trinajstić information content (AvgIpc) is 2.31. The van der Waals surface area contributed by atoms with Gasteiger partial charge < -0.3 is 11.1 Å². The van der Waals surface area contributed by atoms with Crippen LogP contribution < -0.4 is 11.1 Å². The Balaban J connectivity index is 2.22. The number of halogens is 2. The minimum Gasteiger partial charge on any atom is -0.398 e. The molecular formula is C14H12ClFN2O. The Bertz CT molecular complexity index is 623. The number of nitrogens with one attached hydrogen (secondary N) is 1. The summed E-state index contributed by atoms with van der Waals surface area (Å²) >= 11 is 5.78. The van der Waals surface area contributed by atoms with Gasteiger partial charge in [-0.1, -0.05) is 11.6 Å². The summed E-state index contributed by atoms with van der Waals surface area (Å²) < 4.78 is 13.2. The average molecular weight is 279 g/mol. The van der Waals surface area contributed by atoms with Crippen molar-refractivity contribution in [1.29, 1.82) is 0 Å². The van der Waals surface area contributed by atoms with Crippen LogP contribution in [0.3, 0.4) is 0 Å².